The molecule has 1 atom stereocenters. The van der Waals surface area contributed by atoms with Crippen LogP contribution in [0.25, 0.3) is 5.65 Å². The van der Waals surface area contributed by atoms with Gasteiger partial charge in [-0.25, -0.2) is 9.37 Å². The third kappa shape index (κ3) is 4.84. The van der Waals surface area contributed by atoms with Crippen LogP contribution in [0.5, 0.6) is 23.0 Å². The third-order valence-electron chi connectivity index (χ3n) is 6.41. The molecule has 1 aliphatic heterocycles. The smallest absolute Gasteiger partial charge is 0.185 e. The summed E-state index contributed by atoms with van der Waals surface area (Å²) in [5.74, 6) is 2.60. The number of halogens is 1. The van der Waals surface area contributed by atoms with E-state index in [1.807, 2.05) is 43.1 Å². The lowest BCUT2D eigenvalue weighted by Gasteiger charge is -2.23. The fourth-order valence-electron chi connectivity index (χ4n) is 4.43. The minimum Gasteiger partial charge on any atom is -0.493 e. The van der Waals surface area contributed by atoms with Crippen molar-refractivity contribution in [3.63, 3.8) is 0 Å². The van der Waals surface area contributed by atoms with Gasteiger partial charge in [-0.3, -0.25) is 0 Å². The maximum Gasteiger partial charge on any atom is 0.185 e. The Morgan fingerprint density at radius 3 is 2.68 bits per heavy atom. The number of aromatic nitrogens is 3. The van der Waals surface area contributed by atoms with Gasteiger partial charge in [0.15, 0.2) is 28.6 Å². The molecule has 1 unspecified atom stereocenters. The molecule has 2 N–H and O–H groups in total. The van der Waals surface area contributed by atoms with E-state index in [9.17, 15) is 9.50 Å². The Kier molecular flexibility index (Phi) is 7.10. The van der Waals surface area contributed by atoms with Crippen LogP contribution in [0.1, 0.15) is 24.0 Å². The minimum atomic E-state index is -0.456. The molecule has 0 bridgehead atoms. The second-order valence-electron chi connectivity index (χ2n) is 9.07. The van der Waals surface area contributed by atoms with E-state index in [0.29, 0.717) is 59.9 Å². The van der Waals surface area contributed by atoms with Crippen molar-refractivity contribution in [2.45, 2.75) is 19.4 Å². The monoisotopic (exact) mass is 523 g/mol. The van der Waals surface area contributed by atoms with Gasteiger partial charge in [0.05, 0.1) is 26.1 Å². The van der Waals surface area contributed by atoms with Crippen LogP contribution < -0.4 is 29.2 Å². The molecule has 3 heterocycles. The Balaban J connectivity index is 1.56. The lowest BCUT2D eigenvalue weighted by atomic mass is 10.1. The van der Waals surface area contributed by atoms with Crippen LogP contribution in [-0.4, -0.2) is 60.8 Å². The molecule has 200 valence electrons. The average Bonchev–Trinajstić information content (AvgIpc) is 3.36. The summed E-state index contributed by atoms with van der Waals surface area (Å²) < 4.78 is 38.3. The number of methoxy groups -OCH3 is 2. The number of aliphatic hydroxyl groups is 1. The molecular formula is C27H30FN5O5. The zero-order valence-corrected chi connectivity index (χ0v) is 21.7. The average molecular weight is 524 g/mol. The van der Waals surface area contributed by atoms with Crippen LogP contribution in [0, 0.1) is 5.82 Å². The van der Waals surface area contributed by atoms with Crippen LogP contribution in [0.4, 0.5) is 21.7 Å². The third-order valence-corrected chi connectivity index (χ3v) is 6.41. The highest BCUT2D eigenvalue weighted by Crippen LogP contribution is 2.40. The highest BCUT2D eigenvalue weighted by atomic mass is 19.1. The number of benzene rings is 2. The van der Waals surface area contributed by atoms with Gasteiger partial charge in [0.2, 0.25) is 0 Å². The number of nitrogens with zero attached hydrogens (tertiary/aromatic N) is 4. The van der Waals surface area contributed by atoms with Crippen molar-refractivity contribution < 1.29 is 28.4 Å². The number of ether oxygens (including phenoxy) is 4. The van der Waals surface area contributed by atoms with Crippen molar-refractivity contribution in [2.24, 2.45) is 0 Å². The Morgan fingerprint density at radius 2 is 1.92 bits per heavy atom. The molecule has 0 saturated heterocycles. The van der Waals surface area contributed by atoms with Gasteiger partial charge in [-0.05, 0) is 17.7 Å². The normalized spacial score (nSPS) is 13.3. The van der Waals surface area contributed by atoms with Gasteiger partial charge >= 0.3 is 0 Å². The number of hydrogen-bond acceptors (Lipinski definition) is 9. The molecule has 0 amide bonds. The van der Waals surface area contributed by atoms with E-state index in [1.165, 1.54) is 12.1 Å². The number of nitrogens with one attached hydrogen (secondary N) is 1. The molecule has 0 radical (unpaired) electrons. The molecule has 0 spiro atoms. The zero-order chi connectivity index (χ0) is 26.8. The van der Waals surface area contributed by atoms with E-state index in [2.05, 4.69) is 10.4 Å². The molecule has 4 aromatic rings. The van der Waals surface area contributed by atoms with Gasteiger partial charge in [-0.1, -0.05) is 13.0 Å². The largest absolute Gasteiger partial charge is 0.493 e. The molecule has 0 aliphatic carbocycles. The SMILES string of the molecule is COc1ccc(CN(C)c2cc(Nc3cc(F)cc4c3OCCO4)nc3c(C(C)CO)cnn23)cc1OC. The molecule has 1 aliphatic rings. The van der Waals surface area contributed by atoms with E-state index in [0.717, 1.165) is 16.9 Å². The Morgan fingerprint density at radius 1 is 1.13 bits per heavy atom. The number of anilines is 3. The van der Waals surface area contributed by atoms with Gasteiger partial charge in [0, 0.05) is 49.9 Å². The maximum atomic E-state index is 14.4. The van der Waals surface area contributed by atoms with Crippen molar-refractivity contribution in [3.8, 4) is 23.0 Å². The van der Waals surface area contributed by atoms with Crippen LogP contribution in [0.15, 0.2) is 42.6 Å². The lowest BCUT2D eigenvalue weighted by Crippen LogP contribution is -2.21. The molecule has 2 aromatic carbocycles. The van der Waals surface area contributed by atoms with Crippen LogP contribution >= 0.6 is 0 Å². The topological polar surface area (TPSA) is 103 Å². The summed E-state index contributed by atoms with van der Waals surface area (Å²) >= 11 is 0. The van der Waals surface area contributed by atoms with Gasteiger partial charge in [-0.2, -0.15) is 9.61 Å². The van der Waals surface area contributed by atoms with Crippen molar-refractivity contribution in [1.29, 1.82) is 0 Å². The van der Waals surface area contributed by atoms with Crippen LogP contribution in [-0.2, 0) is 6.54 Å². The van der Waals surface area contributed by atoms with E-state index >= 15 is 0 Å². The molecule has 38 heavy (non-hydrogen) atoms. The van der Waals surface area contributed by atoms with Crippen molar-refractivity contribution in [1.82, 2.24) is 14.6 Å². The standard InChI is InChI=1S/C27H30FN5O5/c1-16(15-34)19-13-29-33-25(32(2)14-17-5-6-21(35-3)22(9-17)36-4)12-24(31-27(19)33)30-20-10-18(28)11-23-26(20)38-8-7-37-23/h5-6,9-13,16,34H,7-8,14-15H2,1-4H3,(H,30,31). The van der Waals surface area contributed by atoms with Gasteiger partial charge < -0.3 is 34.3 Å². The van der Waals surface area contributed by atoms with Crippen LogP contribution in [0.3, 0.4) is 0 Å². The lowest BCUT2D eigenvalue weighted by molar-refractivity contribution is 0.172. The summed E-state index contributed by atoms with van der Waals surface area (Å²) in [7, 11) is 5.14. The van der Waals surface area contributed by atoms with Crippen molar-refractivity contribution in [2.75, 3.05) is 51.3 Å². The molecular weight excluding hydrogens is 493 g/mol. The Hall–Kier alpha value is -4.25. The molecule has 0 saturated carbocycles. The zero-order valence-electron chi connectivity index (χ0n) is 21.7. The number of fused-ring (bicyclic) bond motifs is 2. The molecule has 2 aromatic heterocycles. The predicted octanol–water partition coefficient (Wildman–Crippen LogP) is 4.13. The molecule has 10 nitrogen and oxygen atoms in total. The summed E-state index contributed by atoms with van der Waals surface area (Å²) in [5, 5.41) is 17.6. The highest BCUT2D eigenvalue weighted by Gasteiger charge is 2.22. The summed E-state index contributed by atoms with van der Waals surface area (Å²) in [5.41, 5.74) is 2.76. The quantitative estimate of drug-likeness (QED) is 0.335. The van der Waals surface area contributed by atoms with Gasteiger partial charge in [-0.15, -0.1) is 0 Å². The molecule has 5 rings (SSSR count). The minimum absolute atomic E-state index is 0.0555. The highest BCUT2D eigenvalue weighted by molar-refractivity contribution is 5.72. The predicted molar refractivity (Wildman–Crippen MR) is 141 cm³/mol. The van der Waals surface area contributed by atoms with Crippen molar-refractivity contribution in [3.05, 3.63) is 59.5 Å². The Labute approximate surface area is 219 Å². The van der Waals surface area contributed by atoms with E-state index in [4.69, 9.17) is 23.9 Å². The first-order valence-electron chi connectivity index (χ1n) is 12.2. The summed E-state index contributed by atoms with van der Waals surface area (Å²) in [6.07, 6.45) is 1.71. The van der Waals surface area contributed by atoms with Crippen LogP contribution in [0.2, 0.25) is 0 Å². The van der Waals surface area contributed by atoms with E-state index < -0.39 is 5.82 Å². The fraction of sp³-hybridized carbons (Fsp3) is 0.333. The van der Waals surface area contributed by atoms with E-state index in [1.54, 1.807) is 24.9 Å². The van der Waals surface area contributed by atoms with Gasteiger partial charge in [0.25, 0.3) is 0 Å². The summed E-state index contributed by atoms with van der Waals surface area (Å²) in [6.45, 7) is 3.08. The summed E-state index contributed by atoms with van der Waals surface area (Å²) in [4.78, 5) is 6.79. The van der Waals surface area contributed by atoms with E-state index in [-0.39, 0.29) is 12.5 Å². The first-order chi connectivity index (χ1) is 18.4. The number of rotatable bonds is 9. The number of hydrogen-bond donors (Lipinski definition) is 2. The van der Waals surface area contributed by atoms with Crippen molar-refractivity contribution >= 4 is 23.0 Å². The molecule has 11 heteroatoms. The number of aliphatic hydroxyl groups excluding tert-OH is 1. The second kappa shape index (κ2) is 10.6. The molecule has 0 fully saturated rings. The second-order valence-corrected chi connectivity index (χ2v) is 9.07. The first-order valence-corrected chi connectivity index (χ1v) is 12.2. The maximum absolute atomic E-state index is 14.4. The Bertz CT molecular complexity index is 1460. The fourth-order valence-corrected chi connectivity index (χ4v) is 4.43. The first kappa shape index (κ1) is 25.4. The summed E-state index contributed by atoms with van der Waals surface area (Å²) in [6, 6.07) is 10.2. The van der Waals surface area contributed by atoms with Gasteiger partial charge in [0.1, 0.15) is 30.7 Å².